The first-order valence-electron chi connectivity index (χ1n) is 6.55. The van der Waals surface area contributed by atoms with Crippen molar-refractivity contribution in [3.05, 3.63) is 59.7 Å². The van der Waals surface area contributed by atoms with Gasteiger partial charge in [0.1, 0.15) is 0 Å². The van der Waals surface area contributed by atoms with Crippen LogP contribution in [0, 0.1) is 0 Å². The molecule has 0 atom stereocenters. The fourth-order valence-corrected chi connectivity index (χ4v) is 1.87. The van der Waals surface area contributed by atoms with E-state index in [1.54, 1.807) is 0 Å². The molecule has 1 N–H and O–H groups in total. The van der Waals surface area contributed by atoms with Gasteiger partial charge in [0.2, 0.25) is 0 Å². The summed E-state index contributed by atoms with van der Waals surface area (Å²) >= 11 is 0. The summed E-state index contributed by atoms with van der Waals surface area (Å²) in [5.41, 5.74) is 0.963. The number of ether oxygens (including phenoxy) is 2. The lowest BCUT2D eigenvalue weighted by Crippen LogP contribution is -2.08. The Morgan fingerprint density at radius 1 is 1.09 bits per heavy atom. The first kappa shape index (κ1) is 15.8. The Hall–Kier alpha value is -2.63. The van der Waals surface area contributed by atoms with Crippen molar-refractivity contribution < 1.29 is 28.2 Å². The molecule has 2 aromatic rings. The first-order valence-corrected chi connectivity index (χ1v) is 6.55. The molecule has 22 heavy (non-hydrogen) atoms. The molecule has 6 heteroatoms. The number of carboxylic acid groups (broad SMARTS) is 1. The maximum absolute atomic E-state index is 12.4. The van der Waals surface area contributed by atoms with E-state index in [4.69, 9.17) is 9.84 Å². The number of carbonyl (C=O) groups is 1. The molecule has 0 fully saturated rings. The Kier molecular flexibility index (Phi) is 5.30. The number of alkyl halides is 2. The standard InChI is InChI=1S/C16H14F2O4/c17-16(18)22-13-7-6-12(15(19)20)10-14(13)21-9-8-11-4-2-1-3-5-11/h1-7,10,16H,8-9H2,(H,19,20). The molecule has 0 amide bonds. The summed E-state index contributed by atoms with van der Waals surface area (Å²) in [7, 11) is 0. The smallest absolute Gasteiger partial charge is 0.387 e. The van der Waals surface area contributed by atoms with Crippen LogP contribution in [0.25, 0.3) is 0 Å². The lowest BCUT2D eigenvalue weighted by molar-refractivity contribution is -0.0514. The van der Waals surface area contributed by atoms with Gasteiger partial charge in [-0.3, -0.25) is 0 Å². The summed E-state index contributed by atoms with van der Waals surface area (Å²) in [6.45, 7) is -2.79. The van der Waals surface area contributed by atoms with Crippen molar-refractivity contribution in [2.75, 3.05) is 6.61 Å². The van der Waals surface area contributed by atoms with Crippen molar-refractivity contribution in [1.82, 2.24) is 0 Å². The highest BCUT2D eigenvalue weighted by Crippen LogP contribution is 2.30. The Balaban J connectivity index is 2.09. The Labute approximate surface area is 125 Å². The second-order valence-corrected chi connectivity index (χ2v) is 4.43. The van der Waals surface area contributed by atoms with Crippen LogP contribution in [-0.4, -0.2) is 24.3 Å². The van der Waals surface area contributed by atoms with Crippen LogP contribution in [0.15, 0.2) is 48.5 Å². The average molecular weight is 308 g/mol. The molecule has 0 aliphatic carbocycles. The highest BCUT2D eigenvalue weighted by molar-refractivity contribution is 5.88. The van der Waals surface area contributed by atoms with Gasteiger partial charge in [-0.05, 0) is 23.8 Å². The van der Waals surface area contributed by atoms with Gasteiger partial charge in [0.05, 0.1) is 12.2 Å². The molecule has 0 radical (unpaired) electrons. The highest BCUT2D eigenvalue weighted by atomic mass is 19.3. The molecule has 0 aliphatic rings. The molecule has 0 heterocycles. The Bertz CT molecular complexity index is 629. The predicted octanol–water partition coefficient (Wildman–Crippen LogP) is 3.61. The van der Waals surface area contributed by atoms with Crippen LogP contribution in [0.2, 0.25) is 0 Å². The normalized spacial score (nSPS) is 10.5. The minimum Gasteiger partial charge on any atom is -0.489 e. The zero-order valence-corrected chi connectivity index (χ0v) is 11.5. The quantitative estimate of drug-likeness (QED) is 0.849. The SMILES string of the molecule is O=C(O)c1ccc(OC(F)F)c(OCCc2ccccc2)c1. The molecule has 0 saturated carbocycles. The third-order valence-corrected chi connectivity index (χ3v) is 2.90. The van der Waals surface area contributed by atoms with Crippen LogP contribution < -0.4 is 9.47 Å². The number of benzene rings is 2. The number of aromatic carboxylic acids is 1. The molecule has 0 spiro atoms. The summed E-state index contributed by atoms with van der Waals surface area (Å²) in [4.78, 5) is 10.9. The van der Waals surface area contributed by atoms with Crippen LogP contribution in [0.3, 0.4) is 0 Å². The van der Waals surface area contributed by atoms with Gasteiger partial charge >= 0.3 is 12.6 Å². The van der Waals surface area contributed by atoms with E-state index in [2.05, 4.69) is 4.74 Å². The number of halogens is 2. The lowest BCUT2D eigenvalue weighted by Gasteiger charge is -2.13. The highest BCUT2D eigenvalue weighted by Gasteiger charge is 2.14. The molecule has 0 bridgehead atoms. The average Bonchev–Trinajstić information content (AvgIpc) is 2.49. The number of carboxylic acids is 1. The van der Waals surface area contributed by atoms with Crippen LogP contribution in [-0.2, 0) is 6.42 Å². The lowest BCUT2D eigenvalue weighted by atomic mass is 10.1. The van der Waals surface area contributed by atoms with Crippen LogP contribution in [0.1, 0.15) is 15.9 Å². The van der Waals surface area contributed by atoms with Gasteiger partial charge in [0, 0.05) is 6.42 Å². The second kappa shape index (κ2) is 7.40. The van der Waals surface area contributed by atoms with Crippen molar-refractivity contribution in [2.24, 2.45) is 0 Å². The molecule has 0 saturated heterocycles. The fourth-order valence-electron chi connectivity index (χ4n) is 1.87. The Morgan fingerprint density at radius 2 is 1.82 bits per heavy atom. The maximum Gasteiger partial charge on any atom is 0.387 e. The zero-order valence-electron chi connectivity index (χ0n) is 11.5. The van der Waals surface area contributed by atoms with Gasteiger partial charge in [0.15, 0.2) is 11.5 Å². The molecule has 0 aromatic heterocycles. The summed E-state index contributed by atoms with van der Waals surface area (Å²) in [5.74, 6) is -1.37. The molecular weight excluding hydrogens is 294 g/mol. The topological polar surface area (TPSA) is 55.8 Å². The van der Waals surface area contributed by atoms with E-state index in [0.29, 0.717) is 6.42 Å². The molecule has 0 aliphatic heterocycles. The molecule has 4 nitrogen and oxygen atoms in total. The third-order valence-electron chi connectivity index (χ3n) is 2.90. The van der Waals surface area contributed by atoms with Crippen molar-refractivity contribution in [3.63, 3.8) is 0 Å². The largest absolute Gasteiger partial charge is 0.489 e. The second-order valence-electron chi connectivity index (χ2n) is 4.43. The van der Waals surface area contributed by atoms with E-state index in [9.17, 15) is 13.6 Å². The number of hydrogen-bond acceptors (Lipinski definition) is 3. The van der Waals surface area contributed by atoms with Gasteiger partial charge in [0.25, 0.3) is 0 Å². The van der Waals surface area contributed by atoms with Crippen molar-refractivity contribution in [1.29, 1.82) is 0 Å². The maximum atomic E-state index is 12.4. The number of rotatable bonds is 7. The molecule has 2 aromatic carbocycles. The van der Waals surface area contributed by atoms with Crippen LogP contribution in [0.5, 0.6) is 11.5 Å². The Morgan fingerprint density at radius 3 is 2.45 bits per heavy atom. The monoisotopic (exact) mass is 308 g/mol. The first-order chi connectivity index (χ1) is 10.6. The predicted molar refractivity (Wildman–Crippen MR) is 75.7 cm³/mol. The summed E-state index contributed by atoms with van der Waals surface area (Å²) < 4.78 is 34.4. The minimum atomic E-state index is -3.01. The molecular formula is C16H14F2O4. The van der Waals surface area contributed by atoms with E-state index in [0.717, 1.165) is 11.6 Å². The van der Waals surface area contributed by atoms with Crippen molar-refractivity contribution >= 4 is 5.97 Å². The number of hydrogen-bond donors (Lipinski definition) is 1. The third kappa shape index (κ3) is 4.44. The van der Waals surface area contributed by atoms with Crippen LogP contribution in [0.4, 0.5) is 8.78 Å². The van der Waals surface area contributed by atoms with Crippen molar-refractivity contribution in [3.8, 4) is 11.5 Å². The van der Waals surface area contributed by atoms with Gasteiger partial charge in [-0.15, -0.1) is 0 Å². The molecule has 2 rings (SSSR count). The van der Waals surface area contributed by atoms with E-state index in [1.165, 1.54) is 12.1 Å². The van der Waals surface area contributed by atoms with E-state index < -0.39 is 12.6 Å². The van der Waals surface area contributed by atoms with E-state index in [-0.39, 0.29) is 23.7 Å². The van der Waals surface area contributed by atoms with E-state index in [1.807, 2.05) is 30.3 Å². The van der Waals surface area contributed by atoms with Gasteiger partial charge in [-0.2, -0.15) is 8.78 Å². The fraction of sp³-hybridized carbons (Fsp3) is 0.188. The molecule has 116 valence electrons. The summed E-state index contributed by atoms with van der Waals surface area (Å²) in [6, 6.07) is 13.0. The van der Waals surface area contributed by atoms with Gasteiger partial charge < -0.3 is 14.6 Å². The van der Waals surface area contributed by atoms with Crippen molar-refractivity contribution in [2.45, 2.75) is 13.0 Å². The zero-order chi connectivity index (χ0) is 15.9. The summed E-state index contributed by atoms with van der Waals surface area (Å²) in [6.07, 6.45) is 0.562. The van der Waals surface area contributed by atoms with Crippen LogP contribution >= 0.6 is 0 Å². The summed E-state index contributed by atoms with van der Waals surface area (Å²) in [5, 5.41) is 8.94. The van der Waals surface area contributed by atoms with Gasteiger partial charge in [-0.25, -0.2) is 4.79 Å². The van der Waals surface area contributed by atoms with Gasteiger partial charge in [-0.1, -0.05) is 30.3 Å². The van der Waals surface area contributed by atoms with E-state index >= 15 is 0 Å². The minimum absolute atomic E-state index is 0.0175. The molecule has 0 unspecified atom stereocenters.